The normalized spacial score (nSPS) is 11.8. The summed E-state index contributed by atoms with van der Waals surface area (Å²) in [6, 6.07) is 13.3. The van der Waals surface area contributed by atoms with E-state index in [0.717, 1.165) is 9.87 Å². The second-order valence-electron chi connectivity index (χ2n) is 8.33. The molecule has 2 aromatic rings. The Labute approximate surface area is 186 Å². The summed E-state index contributed by atoms with van der Waals surface area (Å²) in [6.45, 7) is 12.1. The second kappa shape index (κ2) is 10.7. The molecule has 0 atom stereocenters. The molecule has 0 aliphatic rings. The lowest BCUT2D eigenvalue weighted by molar-refractivity contribution is -0.121. The van der Waals surface area contributed by atoms with Crippen molar-refractivity contribution in [3.63, 3.8) is 0 Å². The van der Waals surface area contributed by atoms with Gasteiger partial charge in [0.05, 0.1) is 17.2 Å². The van der Waals surface area contributed by atoms with Crippen molar-refractivity contribution in [2.24, 2.45) is 11.8 Å². The van der Waals surface area contributed by atoms with Crippen LogP contribution in [0.1, 0.15) is 40.2 Å². The summed E-state index contributed by atoms with van der Waals surface area (Å²) < 4.78 is 33.5. The number of carbonyl (C=O) groups is 1. The number of carbonyl (C=O) groups excluding carboxylic acids is 1. The van der Waals surface area contributed by atoms with Crippen LogP contribution >= 0.6 is 0 Å². The maximum atomic E-state index is 13.5. The van der Waals surface area contributed by atoms with Gasteiger partial charge in [0.1, 0.15) is 12.3 Å². The molecule has 170 valence electrons. The van der Waals surface area contributed by atoms with E-state index in [1.807, 2.05) is 41.5 Å². The van der Waals surface area contributed by atoms with Crippen molar-refractivity contribution in [2.75, 3.05) is 17.5 Å². The first-order valence-corrected chi connectivity index (χ1v) is 12.1. The fourth-order valence-corrected chi connectivity index (χ4v) is 4.91. The van der Waals surface area contributed by atoms with Gasteiger partial charge >= 0.3 is 0 Å². The molecule has 0 aromatic heterocycles. The highest BCUT2D eigenvalue weighted by Crippen LogP contribution is 2.26. The van der Waals surface area contributed by atoms with Crippen LogP contribution in [0.15, 0.2) is 53.4 Å². The fraction of sp³-hybridized carbons (Fsp3) is 0.458. The maximum Gasteiger partial charge on any atom is 0.264 e. The van der Waals surface area contributed by atoms with Crippen molar-refractivity contribution >= 4 is 21.6 Å². The van der Waals surface area contributed by atoms with E-state index in [-0.39, 0.29) is 35.2 Å². The summed E-state index contributed by atoms with van der Waals surface area (Å²) in [6.07, 6.45) is 0. The van der Waals surface area contributed by atoms with Crippen molar-refractivity contribution < 1.29 is 17.9 Å². The van der Waals surface area contributed by atoms with Crippen molar-refractivity contribution in [1.82, 2.24) is 5.32 Å². The van der Waals surface area contributed by atoms with Gasteiger partial charge in [-0.3, -0.25) is 9.10 Å². The third-order valence-electron chi connectivity index (χ3n) is 5.10. The summed E-state index contributed by atoms with van der Waals surface area (Å²) in [4.78, 5) is 13.0. The molecular weight excluding hydrogens is 412 g/mol. The van der Waals surface area contributed by atoms with Gasteiger partial charge in [-0.15, -0.1) is 0 Å². The lowest BCUT2D eigenvalue weighted by Crippen LogP contribution is -2.47. The number of aryl methyl sites for hydroxylation is 1. The monoisotopic (exact) mass is 446 g/mol. The molecule has 1 amide bonds. The van der Waals surface area contributed by atoms with Gasteiger partial charge in [0, 0.05) is 6.04 Å². The minimum atomic E-state index is -3.94. The number of rotatable bonds is 10. The van der Waals surface area contributed by atoms with Crippen LogP contribution in [0.3, 0.4) is 0 Å². The Kier molecular flexibility index (Phi) is 8.51. The third-order valence-corrected chi connectivity index (χ3v) is 6.88. The Morgan fingerprint density at radius 1 is 0.968 bits per heavy atom. The third kappa shape index (κ3) is 6.47. The largest absolute Gasteiger partial charge is 0.494 e. The Hall–Kier alpha value is -2.54. The number of hydrogen-bond acceptors (Lipinski definition) is 4. The number of sulfonamides is 1. The van der Waals surface area contributed by atoms with Crippen molar-refractivity contribution in [3.8, 4) is 5.75 Å². The predicted molar refractivity (Wildman–Crippen MR) is 125 cm³/mol. The highest BCUT2D eigenvalue weighted by molar-refractivity contribution is 7.92. The quantitative estimate of drug-likeness (QED) is 0.587. The molecule has 0 unspecified atom stereocenters. The lowest BCUT2D eigenvalue weighted by Gasteiger charge is -2.29. The number of anilines is 1. The highest BCUT2D eigenvalue weighted by atomic mass is 32.2. The Bertz CT molecular complexity index is 944. The van der Waals surface area contributed by atoms with Crippen LogP contribution in [0, 0.1) is 18.8 Å². The molecule has 0 heterocycles. The molecule has 2 rings (SSSR count). The van der Waals surface area contributed by atoms with Gasteiger partial charge < -0.3 is 10.1 Å². The molecule has 0 aliphatic heterocycles. The molecule has 0 bridgehead atoms. The fourth-order valence-electron chi connectivity index (χ4n) is 3.49. The van der Waals surface area contributed by atoms with E-state index in [0.29, 0.717) is 18.0 Å². The molecule has 0 aliphatic carbocycles. The summed E-state index contributed by atoms with van der Waals surface area (Å²) in [7, 11) is -3.94. The molecule has 7 heteroatoms. The molecule has 0 saturated heterocycles. The van der Waals surface area contributed by atoms with Gasteiger partial charge in [0.2, 0.25) is 5.91 Å². The number of nitrogens with zero attached hydrogens (tertiary/aromatic N) is 1. The Morgan fingerprint density at radius 3 is 2.00 bits per heavy atom. The van der Waals surface area contributed by atoms with Gasteiger partial charge in [-0.2, -0.15) is 0 Å². The minimum Gasteiger partial charge on any atom is -0.494 e. The van der Waals surface area contributed by atoms with Crippen LogP contribution in [0.2, 0.25) is 0 Å². The molecule has 0 radical (unpaired) electrons. The molecule has 2 aromatic carbocycles. The topological polar surface area (TPSA) is 75.7 Å². The zero-order valence-corrected chi connectivity index (χ0v) is 20.1. The Balaban J connectivity index is 2.40. The van der Waals surface area contributed by atoms with Crippen molar-refractivity contribution in [2.45, 2.75) is 52.5 Å². The van der Waals surface area contributed by atoms with Crippen LogP contribution in [-0.4, -0.2) is 33.5 Å². The van der Waals surface area contributed by atoms with Gasteiger partial charge in [-0.1, -0.05) is 45.4 Å². The smallest absolute Gasteiger partial charge is 0.264 e. The van der Waals surface area contributed by atoms with E-state index in [4.69, 9.17) is 4.74 Å². The zero-order chi connectivity index (χ0) is 23.2. The molecule has 0 fully saturated rings. The standard InChI is InChI=1S/C24H34N2O4S/c1-7-30-21-12-10-20(11-13-21)26(16-23(27)25-24(17(2)3)18(4)5)31(28,29)22-14-8-19(6)9-15-22/h8-15,17-18,24H,7,16H2,1-6H3,(H,25,27). The van der Waals surface area contributed by atoms with Crippen LogP contribution in [-0.2, 0) is 14.8 Å². The highest BCUT2D eigenvalue weighted by Gasteiger charge is 2.29. The predicted octanol–water partition coefficient (Wildman–Crippen LogP) is 4.39. The van der Waals surface area contributed by atoms with E-state index in [1.54, 1.807) is 48.5 Å². The maximum absolute atomic E-state index is 13.5. The summed E-state index contributed by atoms with van der Waals surface area (Å²) in [5.74, 6) is 0.771. The number of nitrogens with one attached hydrogen (secondary N) is 1. The minimum absolute atomic E-state index is 0.0447. The van der Waals surface area contributed by atoms with Crippen molar-refractivity contribution in [1.29, 1.82) is 0 Å². The first-order valence-electron chi connectivity index (χ1n) is 10.7. The molecule has 31 heavy (non-hydrogen) atoms. The first kappa shape index (κ1) is 24.7. The molecule has 6 nitrogen and oxygen atoms in total. The van der Waals surface area contributed by atoms with Gasteiger partial charge in [0.25, 0.3) is 10.0 Å². The van der Waals surface area contributed by atoms with E-state index < -0.39 is 10.0 Å². The average molecular weight is 447 g/mol. The summed E-state index contributed by atoms with van der Waals surface area (Å²) >= 11 is 0. The second-order valence-corrected chi connectivity index (χ2v) is 10.2. The number of ether oxygens (including phenoxy) is 1. The van der Waals surface area contributed by atoms with Crippen molar-refractivity contribution in [3.05, 3.63) is 54.1 Å². The molecular formula is C24H34N2O4S. The molecule has 1 N–H and O–H groups in total. The van der Waals surface area contributed by atoms with E-state index in [9.17, 15) is 13.2 Å². The SMILES string of the molecule is CCOc1ccc(N(CC(=O)NC(C(C)C)C(C)C)S(=O)(=O)c2ccc(C)cc2)cc1. The summed E-state index contributed by atoms with van der Waals surface area (Å²) in [5, 5.41) is 3.01. The van der Waals surface area contributed by atoms with Crippen LogP contribution in [0.25, 0.3) is 0 Å². The van der Waals surface area contributed by atoms with E-state index in [1.165, 1.54) is 0 Å². The lowest BCUT2D eigenvalue weighted by atomic mass is 9.93. The zero-order valence-electron chi connectivity index (χ0n) is 19.3. The number of hydrogen-bond donors (Lipinski definition) is 1. The number of benzene rings is 2. The average Bonchev–Trinajstić information content (AvgIpc) is 2.71. The van der Waals surface area contributed by atoms with Gasteiger partial charge in [-0.05, 0) is 62.1 Å². The molecule has 0 spiro atoms. The van der Waals surface area contributed by atoms with Gasteiger partial charge in [0.15, 0.2) is 0 Å². The van der Waals surface area contributed by atoms with Crippen LogP contribution in [0.5, 0.6) is 5.75 Å². The number of amides is 1. The molecule has 0 saturated carbocycles. The van der Waals surface area contributed by atoms with Crippen LogP contribution in [0.4, 0.5) is 5.69 Å². The van der Waals surface area contributed by atoms with E-state index >= 15 is 0 Å². The van der Waals surface area contributed by atoms with E-state index in [2.05, 4.69) is 5.32 Å². The Morgan fingerprint density at radius 2 is 1.52 bits per heavy atom. The first-order chi connectivity index (χ1) is 14.6. The summed E-state index contributed by atoms with van der Waals surface area (Å²) in [5.41, 5.74) is 1.37. The van der Waals surface area contributed by atoms with Crippen LogP contribution < -0.4 is 14.4 Å². The van der Waals surface area contributed by atoms with Gasteiger partial charge in [-0.25, -0.2) is 8.42 Å².